The van der Waals surface area contributed by atoms with Crippen molar-refractivity contribution in [3.63, 3.8) is 0 Å². The summed E-state index contributed by atoms with van der Waals surface area (Å²) in [5.74, 6) is 0. The van der Waals surface area contributed by atoms with Crippen LogP contribution in [0.1, 0.15) is 6.92 Å². The summed E-state index contributed by atoms with van der Waals surface area (Å²) in [7, 11) is 0. The van der Waals surface area contributed by atoms with Gasteiger partial charge < -0.3 is 21.1 Å². The van der Waals surface area contributed by atoms with Crippen LogP contribution in [0, 0.1) is 0 Å². The fourth-order valence-corrected chi connectivity index (χ4v) is 1.87. The topological polar surface area (TPSA) is 59.6 Å². The molecule has 1 unspecified atom stereocenters. The van der Waals surface area contributed by atoms with E-state index in [-0.39, 0.29) is 0 Å². The lowest BCUT2D eigenvalue weighted by atomic mass is 10.3. The Morgan fingerprint density at radius 2 is 1.88 bits per heavy atom. The monoisotopic (exact) mass is 230 g/mol. The van der Waals surface area contributed by atoms with Gasteiger partial charge in [-0.15, -0.1) is 0 Å². The van der Waals surface area contributed by atoms with Crippen molar-refractivity contribution < 1.29 is 5.11 Å². The van der Waals surface area contributed by atoms with E-state index in [2.05, 4.69) is 27.8 Å². The first-order valence-electron chi connectivity index (χ1n) is 6.31. The van der Waals surface area contributed by atoms with Crippen LogP contribution in [0.2, 0.25) is 0 Å². The molecule has 2 heterocycles. The average Bonchev–Trinajstić information content (AvgIpc) is 2.33. The van der Waals surface area contributed by atoms with E-state index < -0.39 is 0 Å². The third kappa shape index (κ3) is 6.40. The molecule has 0 aliphatic carbocycles. The van der Waals surface area contributed by atoms with E-state index in [0.717, 1.165) is 52.4 Å². The fraction of sp³-hybridized carbons (Fsp3) is 1.00. The zero-order valence-corrected chi connectivity index (χ0v) is 10.3. The SMILES string of the molecule is CC1CNCCN1.OCCN1CCNCC1. The Balaban J connectivity index is 0.000000165. The first-order chi connectivity index (χ1) is 7.83. The van der Waals surface area contributed by atoms with Crippen molar-refractivity contribution in [2.45, 2.75) is 13.0 Å². The number of aliphatic hydroxyl groups excluding tert-OH is 1. The molecule has 2 saturated heterocycles. The van der Waals surface area contributed by atoms with Crippen LogP contribution in [0.25, 0.3) is 0 Å². The molecule has 16 heavy (non-hydrogen) atoms. The van der Waals surface area contributed by atoms with Gasteiger partial charge in [0.05, 0.1) is 6.61 Å². The molecule has 2 fully saturated rings. The van der Waals surface area contributed by atoms with E-state index in [0.29, 0.717) is 12.6 Å². The van der Waals surface area contributed by atoms with Gasteiger partial charge in [0.25, 0.3) is 0 Å². The van der Waals surface area contributed by atoms with E-state index >= 15 is 0 Å². The molecule has 0 spiro atoms. The van der Waals surface area contributed by atoms with Gasteiger partial charge in [0.1, 0.15) is 0 Å². The Kier molecular flexibility index (Phi) is 7.71. The summed E-state index contributed by atoms with van der Waals surface area (Å²) in [5.41, 5.74) is 0. The molecule has 2 aliphatic heterocycles. The highest BCUT2D eigenvalue weighted by atomic mass is 16.3. The number of hydrogen-bond donors (Lipinski definition) is 4. The van der Waals surface area contributed by atoms with Gasteiger partial charge in [-0.2, -0.15) is 0 Å². The second-order valence-corrected chi connectivity index (χ2v) is 4.37. The molecule has 5 nitrogen and oxygen atoms in total. The Morgan fingerprint density at radius 3 is 2.31 bits per heavy atom. The number of hydrogen-bond acceptors (Lipinski definition) is 5. The molecule has 0 amide bonds. The first kappa shape index (κ1) is 13.9. The largest absolute Gasteiger partial charge is 0.395 e. The molecule has 5 heteroatoms. The van der Waals surface area contributed by atoms with Gasteiger partial charge >= 0.3 is 0 Å². The maximum absolute atomic E-state index is 8.56. The minimum absolute atomic E-state index is 0.292. The van der Waals surface area contributed by atoms with Gasteiger partial charge in [-0.3, -0.25) is 4.90 Å². The number of nitrogens with zero attached hydrogens (tertiary/aromatic N) is 1. The van der Waals surface area contributed by atoms with Crippen LogP contribution in [-0.2, 0) is 0 Å². The van der Waals surface area contributed by atoms with E-state index in [1.807, 2.05) is 0 Å². The van der Waals surface area contributed by atoms with E-state index in [4.69, 9.17) is 5.11 Å². The average molecular weight is 230 g/mol. The van der Waals surface area contributed by atoms with E-state index in [1.165, 1.54) is 0 Å². The maximum atomic E-state index is 8.56. The lowest BCUT2D eigenvalue weighted by molar-refractivity contribution is 0.180. The molecule has 0 saturated carbocycles. The predicted molar refractivity (Wildman–Crippen MR) is 66.7 cm³/mol. The molecular formula is C11H26N4O. The molecule has 0 radical (unpaired) electrons. The van der Waals surface area contributed by atoms with Crippen molar-refractivity contribution >= 4 is 0 Å². The van der Waals surface area contributed by atoms with Crippen LogP contribution in [0.5, 0.6) is 0 Å². The summed E-state index contributed by atoms with van der Waals surface area (Å²) in [6, 6.07) is 0.675. The summed E-state index contributed by atoms with van der Waals surface area (Å²) in [6.07, 6.45) is 0. The minimum Gasteiger partial charge on any atom is -0.395 e. The van der Waals surface area contributed by atoms with Crippen LogP contribution in [-0.4, -0.2) is 75.0 Å². The van der Waals surface area contributed by atoms with E-state index in [1.54, 1.807) is 0 Å². The molecule has 2 rings (SSSR count). The molecule has 4 N–H and O–H groups in total. The minimum atomic E-state index is 0.292. The zero-order valence-electron chi connectivity index (χ0n) is 10.3. The molecule has 96 valence electrons. The summed E-state index contributed by atoms with van der Waals surface area (Å²) in [4.78, 5) is 2.26. The molecule has 0 aromatic rings. The highest BCUT2D eigenvalue weighted by molar-refractivity contribution is 4.69. The fourth-order valence-electron chi connectivity index (χ4n) is 1.87. The molecule has 0 aromatic heterocycles. The van der Waals surface area contributed by atoms with Gasteiger partial charge in [-0.05, 0) is 6.92 Å². The van der Waals surface area contributed by atoms with Gasteiger partial charge in [-0.1, -0.05) is 0 Å². The Bertz CT molecular complexity index is 153. The summed E-state index contributed by atoms with van der Waals surface area (Å²) >= 11 is 0. The van der Waals surface area contributed by atoms with Crippen molar-refractivity contribution in [3.05, 3.63) is 0 Å². The summed E-state index contributed by atoms with van der Waals surface area (Å²) < 4.78 is 0. The highest BCUT2D eigenvalue weighted by Gasteiger charge is 2.06. The molecule has 0 bridgehead atoms. The lowest BCUT2D eigenvalue weighted by Gasteiger charge is -2.25. The van der Waals surface area contributed by atoms with Crippen molar-refractivity contribution in [3.8, 4) is 0 Å². The number of rotatable bonds is 2. The number of aliphatic hydroxyl groups is 1. The van der Waals surface area contributed by atoms with Gasteiger partial charge in [0.15, 0.2) is 0 Å². The predicted octanol–water partition coefficient (Wildman–Crippen LogP) is -1.55. The number of β-amino-alcohol motifs (C(OH)–C–C–N with tert-alkyl or cyclic N) is 1. The number of nitrogens with one attached hydrogen (secondary N) is 3. The van der Waals surface area contributed by atoms with Crippen LogP contribution < -0.4 is 16.0 Å². The van der Waals surface area contributed by atoms with Crippen LogP contribution >= 0.6 is 0 Å². The van der Waals surface area contributed by atoms with Crippen LogP contribution in [0.4, 0.5) is 0 Å². The van der Waals surface area contributed by atoms with Crippen molar-refractivity contribution in [1.29, 1.82) is 0 Å². The van der Waals surface area contributed by atoms with Crippen molar-refractivity contribution in [2.24, 2.45) is 0 Å². The smallest absolute Gasteiger partial charge is 0.0558 e. The quantitative estimate of drug-likeness (QED) is 0.463. The summed E-state index contributed by atoms with van der Waals surface area (Å²) in [6.45, 7) is 11.0. The second kappa shape index (κ2) is 8.90. The lowest BCUT2D eigenvalue weighted by Crippen LogP contribution is -2.46. The number of piperazine rings is 2. The Hall–Kier alpha value is -0.200. The van der Waals surface area contributed by atoms with E-state index in [9.17, 15) is 0 Å². The molecule has 1 atom stereocenters. The molecular weight excluding hydrogens is 204 g/mol. The summed E-state index contributed by atoms with van der Waals surface area (Å²) in [5, 5.41) is 18.4. The standard InChI is InChI=1S/C6H14N2O.C5H12N2/c9-6-5-8-3-1-7-2-4-8;1-5-4-6-2-3-7-5/h7,9H,1-6H2;5-7H,2-4H2,1H3. The Labute approximate surface area is 98.6 Å². The maximum Gasteiger partial charge on any atom is 0.0558 e. The van der Waals surface area contributed by atoms with Gasteiger partial charge in [-0.25, -0.2) is 0 Å². The second-order valence-electron chi connectivity index (χ2n) is 4.37. The molecule has 2 aliphatic rings. The highest BCUT2D eigenvalue weighted by Crippen LogP contribution is 1.88. The third-order valence-corrected chi connectivity index (χ3v) is 2.87. The third-order valence-electron chi connectivity index (χ3n) is 2.87. The first-order valence-corrected chi connectivity index (χ1v) is 6.31. The van der Waals surface area contributed by atoms with Crippen molar-refractivity contribution in [1.82, 2.24) is 20.9 Å². The zero-order chi connectivity index (χ0) is 11.6. The van der Waals surface area contributed by atoms with Gasteiger partial charge in [0, 0.05) is 58.4 Å². The van der Waals surface area contributed by atoms with Crippen molar-refractivity contribution in [2.75, 3.05) is 59.0 Å². The van der Waals surface area contributed by atoms with Gasteiger partial charge in [0.2, 0.25) is 0 Å². The Morgan fingerprint density at radius 1 is 1.12 bits per heavy atom. The van der Waals surface area contributed by atoms with Crippen LogP contribution in [0.15, 0.2) is 0 Å². The molecule has 0 aromatic carbocycles. The normalized spacial score (nSPS) is 27.0. The van der Waals surface area contributed by atoms with Crippen LogP contribution in [0.3, 0.4) is 0 Å².